The van der Waals surface area contributed by atoms with E-state index in [2.05, 4.69) is 4.37 Å². The minimum Gasteiger partial charge on any atom is -0.480 e. The fourth-order valence-corrected chi connectivity index (χ4v) is 1.41. The largest absolute Gasteiger partial charge is 0.480 e. The first kappa shape index (κ1) is 8.20. The maximum atomic E-state index is 11.1. The van der Waals surface area contributed by atoms with E-state index in [0.717, 1.165) is 0 Å². The smallest absolute Gasteiger partial charge is 0.235 e. The van der Waals surface area contributed by atoms with Crippen molar-refractivity contribution in [1.29, 1.82) is 0 Å². The quantitative estimate of drug-likeness (QED) is 0.650. The molecule has 0 aliphatic carbocycles. The number of carbonyl (C=O) groups excluding carboxylic acids is 1. The van der Waals surface area contributed by atoms with E-state index in [1.807, 2.05) is 6.92 Å². The summed E-state index contributed by atoms with van der Waals surface area (Å²) in [6.07, 6.45) is 0.495. The van der Waals surface area contributed by atoms with E-state index in [9.17, 15) is 4.79 Å². The molecule has 0 saturated heterocycles. The first-order chi connectivity index (χ1) is 5.29. The zero-order valence-corrected chi connectivity index (χ0v) is 7.27. The minimum atomic E-state index is 0.0793. The van der Waals surface area contributed by atoms with Gasteiger partial charge in [0.05, 0.1) is 12.7 Å². The first-order valence-corrected chi connectivity index (χ1v) is 4.14. The van der Waals surface area contributed by atoms with E-state index < -0.39 is 0 Å². The summed E-state index contributed by atoms with van der Waals surface area (Å²) >= 11 is 1.24. The van der Waals surface area contributed by atoms with Gasteiger partial charge in [0, 0.05) is 11.8 Å². The van der Waals surface area contributed by atoms with Gasteiger partial charge in [0.1, 0.15) is 0 Å². The standard InChI is InChI=1S/C7H9NO2S/c1-3-6(9)5-4-11-8-7(5)10-2/h4H,3H2,1-2H3. The predicted octanol–water partition coefficient (Wildman–Crippen LogP) is 1.74. The Labute approximate surface area is 69.2 Å². The van der Waals surface area contributed by atoms with Gasteiger partial charge in [-0.15, -0.1) is 0 Å². The maximum absolute atomic E-state index is 11.1. The Morgan fingerprint density at radius 2 is 2.55 bits per heavy atom. The van der Waals surface area contributed by atoms with Crippen LogP contribution in [0.5, 0.6) is 5.88 Å². The van der Waals surface area contributed by atoms with E-state index in [4.69, 9.17) is 4.74 Å². The fraction of sp³-hybridized carbons (Fsp3) is 0.429. The van der Waals surface area contributed by atoms with E-state index in [-0.39, 0.29) is 5.78 Å². The molecule has 4 heteroatoms. The molecule has 0 spiro atoms. The second-order valence-corrected chi connectivity index (χ2v) is 2.64. The van der Waals surface area contributed by atoms with Crippen molar-refractivity contribution in [2.45, 2.75) is 13.3 Å². The molecule has 1 heterocycles. The molecule has 60 valence electrons. The van der Waals surface area contributed by atoms with Crippen LogP contribution < -0.4 is 4.74 Å². The van der Waals surface area contributed by atoms with Crippen molar-refractivity contribution in [2.75, 3.05) is 7.11 Å². The lowest BCUT2D eigenvalue weighted by Gasteiger charge is -1.96. The fourth-order valence-electron chi connectivity index (χ4n) is 0.749. The van der Waals surface area contributed by atoms with Gasteiger partial charge in [-0.1, -0.05) is 6.92 Å². The molecule has 1 aromatic heterocycles. The molecular weight excluding hydrogens is 162 g/mol. The molecule has 0 aromatic carbocycles. The van der Waals surface area contributed by atoms with Crippen LogP contribution in [-0.4, -0.2) is 17.3 Å². The van der Waals surface area contributed by atoms with Gasteiger partial charge in [-0.25, -0.2) is 0 Å². The Bertz CT molecular complexity index is 257. The van der Waals surface area contributed by atoms with Crippen LogP contribution in [0.2, 0.25) is 0 Å². The third-order valence-electron chi connectivity index (χ3n) is 1.35. The molecule has 1 rings (SSSR count). The first-order valence-electron chi connectivity index (χ1n) is 3.31. The molecule has 0 aliphatic rings. The van der Waals surface area contributed by atoms with Gasteiger partial charge >= 0.3 is 0 Å². The van der Waals surface area contributed by atoms with Crippen LogP contribution in [0.4, 0.5) is 0 Å². The monoisotopic (exact) mass is 171 g/mol. The molecule has 0 bridgehead atoms. The summed E-state index contributed by atoms with van der Waals surface area (Å²) in [5.41, 5.74) is 0.597. The minimum absolute atomic E-state index is 0.0793. The van der Waals surface area contributed by atoms with Crippen molar-refractivity contribution >= 4 is 17.3 Å². The zero-order valence-electron chi connectivity index (χ0n) is 6.46. The van der Waals surface area contributed by atoms with Gasteiger partial charge in [-0.3, -0.25) is 4.79 Å². The predicted molar refractivity (Wildman–Crippen MR) is 43.3 cm³/mol. The molecule has 1 aromatic rings. The van der Waals surface area contributed by atoms with Crippen molar-refractivity contribution in [3.8, 4) is 5.88 Å². The molecule has 0 fully saturated rings. The van der Waals surface area contributed by atoms with Gasteiger partial charge in [0.25, 0.3) is 0 Å². The summed E-state index contributed by atoms with van der Waals surface area (Å²) in [4.78, 5) is 11.1. The highest BCUT2D eigenvalue weighted by Gasteiger charge is 2.11. The Morgan fingerprint density at radius 1 is 1.82 bits per heavy atom. The number of hydrogen-bond donors (Lipinski definition) is 0. The molecular formula is C7H9NO2S. The lowest BCUT2D eigenvalue weighted by atomic mass is 10.2. The summed E-state index contributed by atoms with van der Waals surface area (Å²) in [7, 11) is 1.52. The molecule has 3 nitrogen and oxygen atoms in total. The van der Waals surface area contributed by atoms with Crippen LogP contribution in [0.1, 0.15) is 23.7 Å². The van der Waals surface area contributed by atoms with Crippen molar-refractivity contribution in [1.82, 2.24) is 4.37 Å². The van der Waals surface area contributed by atoms with E-state index in [1.165, 1.54) is 18.6 Å². The highest BCUT2D eigenvalue weighted by Crippen LogP contribution is 2.19. The topological polar surface area (TPSA) is 39.2 Å². The maximum Gasteiger partial charge on any atom is 0.235 e. The van der Waals surface area contributed by atoms with Crippen molar-refractivity contribution < 1.29 is 9.53 Å². The highest BCUT2D eigenvalue weighted by atomic mass is 32.1. The zero-order chi connectivity index (χ0) is 8.27. The SMILES string of the molecule is CCC(=O)c1csnc1OC. The number of ketones is 1. The van der Waals surface area contributed by atoms with Crippen LogP contribution in [-0.2, 0) is 0 Å². The number of nitrogens with zero attached hydrogens (tertiary/aromatic N) is 1. The summed E-state index contributed by atoms with van der Waals surface area (Å²) in [5, 5.41) is 1.71. The van der Waals surface area contributed by atoms with Crippen molar-refractivity contribution in [3.63, 3.8) is 0 Å². The van der Waals surface area contributed by atoms with Gasteiger partial charge < -0.3 is 4.74 Å². The second-order valence-electron chi connectivity index (χ2n) is 2.01. The number of carbonyl (C=O) groups is 1. The Balaban J connectivity index is 2.92. The average Bonchev–Trinajstić information content (AvgIpc) is 2.50. The van der Waals surface area contributed by atoms with Gasteiger partial charge in [0.2, 0.25) is 5.88 Å². The Morgan fingerprint density at radius 3 is 3.09 bits per heavy atom. The normalized spacial score (nSPS) is 9.64. The van der Waals surface area contributed by atoms with Gasteiger partial charge in [-0.05, 0) is 11.5 Å². The summed E-state index contributed by atoms with van der Waals surface area (Å²) in [6, 6.07) is 0. The molecule has 0 amide bonds. The number of Topliss-reactive ketones (excluding diaryl/α,β-unsaturated/α-hetero) is 1. The molecule has 0 atom stereocenters. The summed E-state index contributed by atoms with van der Waals surface area (Å²) in [5.74, 6) is 0.525. The number of ether oxygens (including phenoxy) is 1. The Kier molecular flexibility index (Phi) is 2.59. The number of aromatic nitrogens is 1. The summed E-state index contributed by atoms with van der Waals surface area (Å²) < 4.78 is 8.79. The average molecular weight is 171 g/mol. The number of methoxy groups -OCH3 is 1. The van der Waals surface area contributed by atoms with Crippen LogP contribution in [0.3, 0.4) is 0 Å². The third-order valence-corrected chi connectivity index (χ3v) is 1.96. The Hall–Kier alpha value is -0.900. The van der Waals surface area contributed by atoms with Gasteiger partial charge in [-0.2, -0.15) is 4.37 Å². The van der Waals surface area contributed by atoms with Crippen LogP contribution >= 0.6 is 11.5 Å². The lowest BCUT2D eigenvalue weighted by Crippen LogP contribution is -1.97. The van der Waals surface area contributed by atoms with Gasteiger partial charge in [0.15, 0.2) is 5.78 Å². The molecule has 0 radical (unpaired) electrons. The second kappa shape index (κ2) is 3.48. The number of rotatable bonds is 3. The van der Waals surface area contributed by atoms with Crippen molar-refractivity contribution in [2.24, 2.45) is 0 Å². The summed E-state index contributed by atoms with van der Waals surface area (Å²) in [6.45, 7) is 1.82. The van der Waals surface area contributed by atoms with E-state index in [1.54, 1.807) is 5.38 Å². The third kappa shape index (κ3) is 1.57. The number of hydrogen-bond acceptors (Lipinski definition) is 4. The van der Waals surface area contributed by atoms with Crippen LogP contribution in [0, 0.1) is 0 Å². The lowest BCUT2D eigenvalue weighted by molar-refractivity contribution is 0.0985. The highest BCUT2D eigenvalue weighted by molar-refractivity contribution is 7.04. The molecule has 11 heavy (non-hydrogen) atoms. The molecule has 0 unspecified atom stereocenters. The van der Waals surface area contributed by atoms with E-state index >= 15 is 0 Å². The molecule has 0 aliphatic heterocycles. The molecule has 0 N–H and O–H groups in total. The van der Waals surface area contributed by atoms with E-state index in [0.29, 0.717) is 17.9 Å². The van der Waals surface area contributed by atoms with Crippen molar-refractivity contribution in [3.05, 3.63) is 10.9 Å². The van der Waals surface area contributed by atoms with Crippen LogP contribution in [0.15, 0.2) is 5.38 Å². The van der Waals surface area contributed by atoms with Crippen LogP contribution in [0.25, 0.3) is 0 Å². The molecule has 0 saturated carbocycles.